The SMILES string of the molecule is CC(C)[C@H](NC(=O)c1ccccc1F)C(=O)Nc1ccc(N2CCN(C)CC2)nc1. The van der Waals surface area contributed by atoms with Crippen molar-refractivity contribution in [3.8, 4) is 0 Å². The molecule has 2 aromatic rings. The number of carbonyl (C=O) groups is 2. The highest BCUT2D eigenvalue weighted by molar-refractivity contribution is 6.01. The molecule has 1 aromatic heterocycles. The standard InChI is InChI=1S/C22H28FN5O2/c1-15(2)20(26-21(29)17-6-4-5-7-18(17)23)22(30)25-16-8-9-19(24-14-16)28-12-10-27(3)11-13-28/h4-9,14-15,20H,10-13H2,1-3H3,(H,25,30)(H,26,29)/t20-/m0/s1. The van der Waals surface area contributed by atoms with E-state index in [1.165, 1.54) is 18.2 Å². The Bertz CT molecular complexity index is 879. The van der Waals surface area contributed by atoms with Crippen molar-refractivity contribution in [2.45, 2.75) is 19.9 Å². The van der Waals surface area contributed by atoms with Gasteiger partial charge in [-0.3, -0.25) is 9.59 Å². The minimum Gasteiger partial charge on any atom is -0.354 e. The topological polar surface area (TPSA) is 77.6 Å². The predicted molar refractivity (Wildman–Crippen MR) is 115 cm³/mol. The molecule has 2 heterocycles. The minimum absolute atomic E-state index is 0.0888. The third-order valence-electron chi connectivity index (χ3n) is 5.20. The van der Waals surface area contributed by atoms with Gasteiger partial charge in [0.15, 0.2) is 0 Å². The van der Waals surface area contributed by atoms with Gasteiger partial charge in [-0.05, 0) is 37.2 Å². The number of amides is 2. The van der Waals surface area contributed by atoms with Crippen LogP contribution in [0.25, 0.3) is 0 Å². The van der Waals surface area contributed by atoms with Crippen LogP contribution in [0.3, 0.4) is 0 Å². The Morgan fingerprint density at radius 1 is 1.07 bits per heavy atom. The van der Waals surface area contributed by atoms with Gasteiger partial charge in [0, 0.05) is 26.2 Å². The first-order valence-corrected chi connectivity index (χ1v) is 10.1. The van der Waals surface area contributed by atoms with Crippen LogP contribution in [0.2, 0.25) is 0 Å². The molecule has 30 heavy (non-hydrogen) atoms. The summed E-state index contributed by atoms with van der Waals surface area (Å²) in [5, 5.41) is 5.43. The number of anilines is 2. The molecule has 1 aliphatic heterocycles. The lowest BCUT2D eigenvalue weighted by Gasteiger charge is -2.33. The fourth-order valence-electron chi connectivity index (χ4n) is 3.30. The Morgan fingerprint density at radius 3 is 2.37 bits per heavy atom. The third kappa shape index (κ3) is 5.33. The maximum absolute atomic E-state index is 13.9. The van der Waals surface area contributed by atoms with Crippen LogP contribution in [-0.4, -0.2) is 61.0 Å². The van der Waals surface area contributed by atoms with Crippen molar-refractivity contribution in [3.05, 3.63) is 54.0 Å². The Labute approximate surface area is 176 Å². The molecule has 1 saturated heterocycles. The van der Waals surface area contributed by atoms with Crippen molar-refractivity contribution in [1.29, 1.82) is 0 Å². The second-order valence-electron chi connectivity index (χ2n) is 7.86. The van der Waals surface area contributed by atoms with E-state index in [0.29, 0.717) is 5.69 Å². The minimum atomic E-state index is -0.811. The van der Waals surface area contributed by atoms with E-state index in [1.54, 1.807) is 18.3 Å². The van der Waals surface area contributed by atoms with Gasteiger partial charge >= 0.3 is 0 Å². The van der Waals surface area contributed by atoms with E-state index in [1.807, 2.05) is 19.9 Å². The lowest BCUT2D eigenvalue weighted by molar-refractivity contribution is -0.118. The molecular weight excluding hydrogens is 385 g/mol. The molecule has 8 heteroatoms. The zero-order chi connectivity index (χ0) is 21.7. The van der Waals surface area contributed by atoms with E-state index in [9.17, 15) is 14.0 Å². The number of piperazine rings is 1. The highest BCUT2D eigenvalue weighted by atomic mass is 19.1. The first-order valence-electron chi connectivity index (χ1n) is 10.1. The summed E-state index contributed by atoms with van der Waals surface area (Å²) in [6.07, 6.45) is 1.61. The Morgan fingerprint density at radius 2 is 1.77 bits per heavy atom. The maximum Gasteiger partial charge on any atom is 0.254 e. The fraction of sp³-hybridized carbons (Fsp3) is 0.409. The molecule has 1 aromatic carbocycles. The maximum atomic E-state index is 13.9. The molecule has 0 spiro atoms. The number of hydrogen-bond donors (Lipinski definition) is 2. The molecule has 0 bridgehead atoms. The molecule has 3 rings (SSSR count). The second-order valence-corrected chi connectivity index (χ2v) is 7.86. The molecule has 1 atom stereocenters. The predicted octanol–water partition coefficient (Wildman–Crippen LogP) is 2.37. The summed E-state index contributed by atoms with van der Waals surface area (Å²) >= 11 is 0. The Kier molecular flexibility index (Phi) is 6.99. The van der Waals surface area contributed by atoms with Crippen LogP contribution < -0.4 is 15.5 Å². The number of pyridine rings is 1. The number of aromatic nitrogens is 1. The number of carbonyl (C=O) groups excluding carboxylic acids is 2. The highest BCUT2D eigenvalue weighted by Gasteiger charge is 2.26. The van der Waals surface area contributed by atoms with Gasteiger partial charge in [0.25, 0.3) is 5.91 Å². The largest absolute Gasteiger partial charge is 0.354 e. The van der Waals surface area contributed by atoms with E-state index in [4.69, 9.17) is 0 Å². The van der Waals surface area contributed by atoms with Crippen molar-refractivity contribution >= 4 is 23.3 Å². The van der Waals surface area contributed by atoms with Crippen LogP contribution >= 0.6 is 0 Å². The monoisotopic (exact) mass is 413 g/mol. The quantitative estimate of drug-likeness (QED) is 0.760. The molecule has 0 aliphatic carbocycles. The summed E-state index contributed by atoms with van der Waals surface area (Å²) in [5.41, 5.74) is 0.456. The highest BCUT2D eigenvalue weighted by Crippen LogP contribution is 2.17. The Hall–Kier alpha value is -3.00. The van der Waals surface area contributed by atoms with Crippen molar-refractivity contribution in [3.63, 3.8) is 0 Å². The average molecular weight is 413 g/mol. The van der Waals surface area contributed by atoms with Crippen LogP contribution in [0, 0.1) is 11.7 Å². The van der Waals surface area contributed by atoms with Crippen molar-refractivity contribution in [2.24, 2.45) is 5.92 Å². The van der Waals surface area contributed by atoms with Gasteiger partial charge in [-0.15, -0.1) is 0 Å². The third-order valence-corrected chi connectivity index (χ3v) is 5.20. The summed E-state index contributed by atoms with van der Waals surface area (Å²) in [4.78, 5) is 34.1. The van der Waals surface area contributed by atoms with E-state index in [-0.39, 0.29) is 17.4 Å². The molecule has 2 amide bonds. The molecular formula is C22H28FN5O2. The molecule has 160 valence electrons. The van der Waals surface area contributed by atoms with Crippen LogP contribution in [0.5, 0.6) is 0 Å². The molecule has 1 fully saturated rings. The molecule has 0 unspecified atom stereocenters. The number of likely N-dealkylation sites (N-methyl/N-ethyl adjacent to an activating group) is 1. The number of rotatable bonds is 6. The first kappa shape index (κ1) is 21.7. The van der Waals surface area contributed by atoms with Crippen LogP contribution in [-0.2, 0) is 4.79 Å². The number of nitrogens with zero attached hydrogens (tertiary/aromatic N) is 3. The molecule has 7 nitrogen and oxygen atoms in total. The van der Waals surface area contributed by atoms with Gasteiger partial charge in [0.1, 0.15) is 17.7 Å². The lowest BCUT2D eigenvalue weighted by atomic mass is 10.0. The van der Waals surface area contributed by atoms with Gasteiger partial charge in [-0.2, -0.15) is 0 Å². The average Bonchev–Trinajstić information content (AvgIpc) is 2.73. The first-order chi connectivity index (χ1) is 14.3. The van der Waals surface area contributed by atoms with Crippen molar-refractivity contribution in [2.75, 3.05) is 43.4 Å². The van der Waals surface area contributed by atoms with Crippen LogP contribution in [0.15, 0.2) is 42.6 Å². The lowest BCUT2D eigenvalue weighted by Crippen LogP contribution is -2.47. The van der Waals surface area contributed by atoms with E-state index >= 15 is 0 Å². The van der Waals surface area contributed by atoms with Crippen molar-refractivity contribution in [1.82, 2.24) is 15.2 Å². The number of nitrogens with one attached hydrogen (secondary N) is 2. The number of benzene rings is 1. The normalized spacial score (nSPS) is 15.7. The van der Waals surface area contributed by atoms with E-state index in [2.05, 4.69) is 32.5 Å². The molecule has 2 N–H and O–H groups in total. The summed E-state index contributed by atoms with van der Waals surface area (Å²) in [5.74, 6) is -0.927. The van der Waals surface area contributed by atoms with Gasteiger partial charge in [0.2, 0.25) is 5.91 Å². The van der Waals surface area contributed by atoms with Gasteiger partial charge < -0.3 is 20.4 Å². The fourth-order valence-corrected chi connectivity index (χ4v) is 3.30. The van der Waals surface area contributed by atoms with Crippen LogP contribution in [0.1, 0.15) is 24.2 Å². The number of hydrogen-bond acceptors (Lipinski definition) is 5. The van der Waals surface area contributed by atoms with Crippen LogP contribution in [0.4, 0.5) is 15.9 Å². The smallest absolute Gasteiger partial charge is 0.254 e. The van der Waals surface area contributed by atoms with Gasteiger partial charge in [-0.1, -0.05) is 26.0 Å². The molecule has 0 saturated carbocycles. The zero-order valence-electron chi connectivity index (χ0n) is 17.6. The van der Waals surface area contributed by atoms with Gasteiger partial charge in [-0.25, -0.2) is 9.37 Å². The molecule has 0 radical (unpaired) electrons. The summed E-state index contributed by atoms with van der Waals surface area (Å²) < 4.78 is 13.9. The van der Waals surface area contributed by atoms with Crippen molar-refractivity contribution < 1.29 is 14.0 Å². The number of halogens is 1. The molecule has 1 aliphatic rings. The van der Waals surface area contributed by atoms with Gasteiger partial charge in [0.05, 0.1) is 17.4 Å². The summed E-state index contributed by atoms with van der Waals surface area (Å²) in [6.45, 7) is 7.43. The second kappa shape index (κ2) is 9.67. The zero-order valence-corrected chi connectivity index (χ0v) is 17.6. The van der Waals surface area contributed by atoms with E-state index < -0.39 is 17.8 Å². The summed E-state index contributed by atoms with van der Waals surface area (Å²) in [7, 11) is 2.10. The van der Waals surface area contributed by atoms with E-state index in [0.717, 1.165) is 32.0 Å². The summed E-state index contributed by atoms with van der Waals surface area (Å²) in [6, 6.07) is 8.56. The Balaban J connectivity index is 1.63.